The maximum absolute atomic E-state index is 12.3. The first-order valence-corrected chi connectivity index (χ1v) is 10.6. The Hall–Kier alpha value is -2.29. The van der Waals surface area contributed by atoms with Crippen LogP contribution in [-0.2, 0) is 9.53 Å². The molecule has 1 aliphatic heterocycles. The van der Waals surface area contributed by atoms with Crippen molar-refractivity contribution in [3.8, 4) is 0 Å². The van der Waals surface area contributed by atoms with Crippen LogP contribution in [0.15, 0.2) is 11.0 Å². The number of alkyl carbamates (subject to hydrolysis) is 1. The van der Waals surface area contributed by atoms with Crippen molar-refractivity contribution >= 4 is 29.3 Å². The Morgan fingerprint density at radius 1 is 1.10 bits per heavy atom. The molecule has 0 aromatic carbocycles. The van der Waals surface area contributed by atoms with E-state index in [1.807, 2.05) is 4.90 Å². The molecule has 3 N–H and O–H groups in total. The molecule has 2 amide bonds. The normalized spacial score (nSPS) is 26.8. The third-order valence-corrected chi connectivity index (χ3v) is 6.25. The van der Waals surface area contributed by atoms with Gasteiger partial charge in [0.1, 0.15) is 11.1 Å². The van der Waals surface area contributed by atoms with Crippen LogP contribution in [0.3, 0.4) is 0 Å². The average Bonchev–Trinajstić information content (AvgIpc) is 3.40. The number of carbonyl (C=O) groups excluding carboxylic acids is 2. The Kier molecular flexibility index (Phi) is 5.94. The minimum absolute atomic E-state index is 0.0382. The number of anilines is 1. The number of ether oxygens (including phenoxy) is 1. The van der Waals surface area contributed by atoms with Crippen LogP contribution >= 0.6 is 11.6 Å². The molecule has 3 aliphatic rings. The first-order valence-electron chi connectivity index (χ1n) is 10.2. The van der Waals surface area contributed by atoms with Gasteiger partial charge in [-0.25, -0.2) is 9.89 Å². The predicted octanol–water partition coefficient (Wildman–Crippen LogP) is 1.57. The largest absolute Gasteiger partial charge is 0.444 e. The van der Waals surface area contributed by atoms with E-state index < -0.39 is 11.7 Å². The van der Waals surface area contributed by atoms with Crippen LogP contribution in [0, 0.1) is 5.92 Å². The van der Waals surface area contributed by atoms with E-state index in [0.29, 0.717) is 31.2 Å². The SMILES string of the molecule is O=C(NC1CCC(C(=O)NC2CC2)CC1)O[C@@H]1CCN(c2cn[nH]c(=O)c2Cl)C1. The lowest BCUT2D eigenvalue weighted by atomic mass is 9.85. The number of nitrogens with zero attached hydrogens (tertiary/aromatic N) is 2. The molecule has 9 nitrogen and oxygen atoms in total. The molecule has 2 heterocycles. The van der Waals surface area contributed by atoms with Gasteiger partial charge >= 0.3 is 6.09 Å². The van der Waals surface area contributed by atoms with Crippen LogP contribution in [-0.4, -0.2) is 53.5 Å². The van der Waals surface area contributed by atoms with Gasteiger partial charge in [-0.05, 0) is 38.5 Å². The van der Waals surface area contributed by atoms with Crippen molar-refractivity contribution in [3.63, 3.8) is 0 Å². The topological polar surface area (TPSA) is 116 Å². The summed E-state index contributed by atoms with van der Waals surface area (Å²) in [5, 5.41) is 12.1. The quantitative estimate of drug-likeness (QED) is 0.661. The predicted molar refractivity (Wildman–Crippen MR) is 107 cm³/mol. The first-order chi connectivity index (χ1) is 14.0. The van der Waals surface area contributed by atoms with Gasteiger partial charge in [-0.2, -0.15) is 5.10 Å². The van der Waals surface area contributed by atoms with Crippen LogP contribution < -0.4 is 21.1 Å². The Morgan fingerprint density at radius 2 is 1.79 bits per heavy atom. The molecule has 4 rings (SSSR count). The number of carbonyl (C=O) groups is 2. The van der Waals surface area contributed by atoms with Crippen LogP contribution in [0.2, 0.25) is 5.02 Å². The molecule has 1 atom stereocenters. The molecule has 3 fully saturated rings. The van der Waals surface area contributed by atoms with Crippen LogP contribution in [0.1, 0.15) is 44.9 Å². The minimum Gasteiger partial charge on any atom is -0.444 e. The summed E-state index contributed by atoms with van der Waals surface area (Å²) in [6.45, 7) is 1.09. The summed E-state index contributed by atoms with van der Waals surface area (Å²) in [7, 11) is 0. The molecule has 1 aromatic rings. The number of hydrogen-bond donors (Lipinski definition) is 3. The fourth-order valence-electron chi connectivity index (χ4n) is 4.04. The second-order valence-corrected chi connectivity index (χ2v) is 8.51. The van der Waals surface area contributed by atoms with Gasteiger partial charge in [-0.1, -0.05) is 11.6 Å². The third-order valence-electron chi connectivity index (χ3n) is 5.88. The van der Waals surface area contributed by atoms with Crippen LogP contribution in [0.25, 0.3) is 0 Å². The number of halogens is 1. The monoisotopic (exact) mass is 423 g/mol. The highest BCUT2D eigenvalue weighted by Gasteiger charge is 2.32. The van der Waals surface area contributed by atoms with Crippen molar-refractivity contribution < 1.29 is 14.3 Å². The summed E-state index contributed by atoms with van der Waals surface area (Å²) >= 11 is 6.05. The van der Waals surface area contributed by atoms with Gasteiger partial charge in [-0.15, -0.1) is 0 Å². The third kappa shape index (κ3) is 5.01. The number of amides is 2. The molecule has 0 bridgehead atoms. The van der Waals surface area contributed by atoms with Gasteiger partial charge in [0.05, 0.1) is 18.4 Å². The van der Waals surface area contributed by atoms with Gasteiger partial charge in [0.2, 0.25) is 5.91 Å². The van der Waals surface area contributed by atoms with Crippen molar-refractivity contribution in [1.29, 1.82) is 0 Å². The summed E-state index contributed by atoms with van der Waals surface area (Å²) < 4.78 is 5.55. The lowest BCUT2D eigenvalue weighted by Crippen LogP contribution is -2.42. The van der Waals surface area contributed by atoms with Gasteiger partial charge < -0.3 is 20.3 Å². The first kappa shape index (κ1) is 20.0. The molecule has 0 radical (unpaired) electrons. The summed E-state index contributed by atoms with van der Waals surface area (Å²) in [6.07, 6.45) is 6.78. The van der Waals surface area contributed by atoms with E-state index in [1.54, 1.807) is 0 Å². The van der Waals surface area contributed by atoms with Gasteiger partial charge in [-0.3, -0.25) is 9.59 Å². The number of rotatable bonds is 5. The summed E-state index contributed by atoms with van der Waals surface area (Å²) in [5.41, 5.74) is 0.109. The molecular weight excluding hydrogens is 398 g/mol. The molecule has 10 heteroatoms. The number of aromatic nitrogens is 2. The lowest BCUT2D eigenvalue weighted by Gasteiger charge is -2.28. The van der Waals surface area contributed by atoms with Crippen molar-refractivity contribution in [3.05, 3.63) is 21.6 Å². The van der Waals surface area contributed by atoms with E-state index in [1.165, 1.54) is 6.20 Å². The van der Waals surface area contributed by atoms with E-state index >= 15 is 0 Å². The molecule has 1 saturated heterocycles. The standard InChI is InChI=1S/C19H26ClN5O4/c20-16-15(9-21-24-18(16)27)25-8-7-14(10-25)29-19(28)23-13-3-1-11(2-4-13)17(26)22-12-5-6-12/h9,11-14H,1-8,10H2,(H,22,26)(H,23,28)(H,24,27)/t11?,13?,14-/m1/s1. The van der Waals surface area contributed by atoms with Crippen molar-refractivity contribution in [2.75, 3.05) is 18.0 Å². The molecule has 158 valence electrons. The zero-order valence-electron chi connectivity index (χ0n) is 16.2. The summed E-state index contributed by atoms with van der Waals surface area (Å²) in [4.78, 5) is 37.9. The average molecular weight is 424 g/mol. The number of aromatic amines is 1. The van der Waals surface area contributed by atoms with Gasteiger partial charge in [0.15, 0.2) is 0 Å². The number of H-pyrrole nitrogens is 1. The Balaban J connectivity index is 1.20. The van der Waals surface area contributed by atoms with E-state index in [2.05, 4.69) is 20.8 Å². The second-order valence-electron chi connectivity index (χ2n) is 8.14. The highest BCUT2D eigenvalue weighted by atomic mass is 35.5. The van der Waals surface area contributed by atoms with Gasteiger partial charge in [0, 0.05) is 31.0 Å². The highest BCUT2D eigenvalue weighted by Crippen LogP contribution is 2.28. The van der Waals surface area contributed by atoms with Crippen LogP contribution in [0.4, 0.5) is 10.5 Å². The lowest BCUT2D eigenvalue weighted by molar-refractivity contribution is -0.126. The Morgan fingerprint density at radius 3 is 2.52 bits per heavy atom. The molecular formula is C19H26ClN5O4. The molecule has 0 unspecified atom stereocenters. The second kappa shape index (κ2) is 8.61. The smallest absolute Gasteiger partial charge is 0.407 e. The number of nitrogens with one attached hydrogen (secondary N) is 3. The fraction of sp³-hybridized carbons (Fsp3) is 0.684. The van der Waals surface area contributed by atoms with Gasteiger partial charge in [0.25, 0.3) is 5.56 Å². The summed E-state index contributed by atoms with van der Waals surface area (Å²) in [6, 6.07) is 0.426. The zero-order valence-corrected chi connectivity index (χ0v) is 16.9. The molecule has 0 spiro atoms. The van der Waals surface area contributed by atoms with E-state index in [4.69, 9.17) is 16.3 Å². The van der Waals surface area contributed by atoms with Crippen molar-refractivity contribution in [2.45, 2.75) is 63.1 Å². The van der Waals surface area contributed by atoms with Crippen molar-refractivity contribution in [2.24, 2.45) is 5.92 Å². The fourth-order valence-corrected chi connectivity index (χ4v) is 4.25. The van der Waals surface area contributed by atoms with Crippen LogP contribution in [0.5, 0.6) is 0 Å². The zero-order chi connectivity index (χ0) is 20.4. The van der Waals surface area contributed by atoms with E-state index in [9.17, 15) is 14.4 Å². The Labute approximate surface area is 173 Å². The van der Waals surface area contributed by atoms with E-state index in [0.717, 1.165) is 38.5 Å². The Bertz CT molecular complexity index is 819. The summed E-state index contributed by atoms with van der Waals surface area (Å²) in [5.74, 6) is 0.216. The minimum atomic E-state index is -0.437. The maximum atomic E-state index is 12.3. The molecule has 2 saturated carbocycles. The van der Waals surface area contributed by atoms with Crippen molar-refractivity contribution in [1.82, 2.24) is 20.8 Å². The molecule has 29 heavy (non-hydrogen) atoms. The maximum Gasteiger partial charge on any atom is 0.407 e. The highest BCUT2D eigenvalue weighted by molar-refractivity contribution is 6.33. The molecule has 1 aromatic heterocycles. The number of hydrogen-bond acceptors (Lipinski definition) is 6. The van der Waals surface area contributed by atoms with E-state index in [-0.39, 0.29) is 29.0 Å². The molecule has 2 aliphatic carbocycles.